The number of benzene rings is 2. The van der Waals surface area contributed by atoms with Gasteiger partial charge < -0.3 is 0 Å². The highest BCUT2D eigenvalue weighted by atomic mass is 14.9. The number of pyridine rings is 2. The van der Waals surface area contributed by atoms with Gasteiger partial charge in [0.2, 0.25) is 5.69 Å². The molecule has 116 valence electrons. The summed E-state index contributed by atoms with van der Waals surface area (Å²) < 4.78 is 2.21. The van der Waals surface area contributed by atoms with Gasteiger partial charge >= 0.3 is 0 Å². The number of fused-ring (bicyclic) bond motifs is 1. The van der Waals surface area contributed by atoms with Gasteiger partial charge in [-0.3, -0.25) is 4.98 Å². The van der Waals surface area contributed by atoms with Crippen LogP contribution < -0.4 is 4.57 Å². The SMILES string of the molecule is Cc1ccccc1-c1c2cccc(-c3cccnc3)c2cc[n+]1C. The summed E-state index contributed by atoms with van der Waals surface area (Å²) in [4.78, 5) is 4.27. The molecule has 0 fully saturated rings. The van der Waals surface area contributed by atoms with Gasteiger partial charge in [0.15, 0.2) is 6.20 Å². The molecule has 4 rings (SSSR count). The average Bonchev–Trinajstić information content (AvgIpc) is 2.63. The molecule has 2 aromatic heterocycles. The lowest BCUT2D eigenvalue weighted by Gasteiger charge is -2.10. The highest BCUT2D eigenvalue weighted by molar-refractivity contribution is 6.02. The zero-order chi connectivity index (χ0) is 16.5. The van der Waals surface area contributed by atoms with E-state index in [-0.39, 0.29) is 0 Å². The topological polar surface area (TPSA) is 16.8 Å². The Morgan fingerprint density at radius 1 is 0.792 bits per heavy atom. The van der Waals surface area contributed by atoms with Crippen molar-refractivity contribution in [3.63, 3.8) is 0 Å². The van der Waals surface area contributed by atoms with Crippen LogP contribution >= 0.6 is 0 Å². The monoisotopic (exact) mass is 311 g/mol. The largest absolute Gasteiger partial charge is 0.264 e. The molecular formula is C22H19N2+. The Kier molecular flexibility index (Phi) is 3.58. The fourth-order valence-electron chi connectivity index (χ4n) is 3.35. The van der Waals surface area contributed by atoms with E-state index in [1.54, 1.807) is 0 Å². The number of nitrogens with zero attached hydrogens (tertiary/aromatic N) is 2. The smallest absolute Gasteiger partial charge is 0.220 e. The molecule has 4 aromatic rings. The fourth-order valence-corrected chi connectivity index (χ4v) is 3.35. The molecule has 0 aliphatic rings. The molecule has 0 N–H and O–H groups in total. The van der Waals surface area contributed by atoms with Crippen LogP contribution in [-0.2, 0) is 7.05 Å². The number of aryl methyl sites for hydroxylation is 2. The first-order valence-electron chi connectivity index (χ1n) is 8.13. The first-order chi connectivity index (χ1) is 11.8. The summed E-state index contributed by atoms with van der Waals surface area (Å²) >= 11 is 0. The summed E-state index contributed by atoms with van der Waals surface area (Å²) in [5.74, 6) is 0. The Hall–Kier alpha value is -3.00. The van der Waals surface area contributed by atoms with Crippen molar-refractivity contribution in [1.29, 1.82) is 0 Å². The lowest BCUT2D eigenvalue weighted by atomic mass is 9.95. The summed E-state index contributed by atoms with van der Waals surface area (Å²) in [5.41, 5.74) is 6.17. The van der Waals surface area contributed by atoms with Crippen LogP contribution in [0.2, 0.25) is 0 Å². The minimum Gasteiger partial charge on any atom is -0.264 e. The highest BCUT2D eigenvalue weighted by Crippen LogP contribution is 2.33. The number of hydrogen-bond donors (Lipinski definition) is 0. The van der Waals surface area contributed by atoms with E-state index in [0.29, 0.717) is 0 Å². The first kappa shape index (κ1) is 14.6. The quantitative estimate of drug-likeness (QED) is 0.490. The molecule has 0 unspecified atom stereocenters. The predicted octanol–water partition coefficient (Wildman–Crippen LogP) is 4.70. The van der Waals surface area contributed by atoms with Gasteiger partial charge in [0.05, 0.1) is 5.39 Å². The second kappa shape index (κ2) is 5.89. The van der Waals surface area contributed by atoms with E-state index in [2.05, 4.69) is 84.3 Å². The van der Waals surface area contributed by atoms with Crippen molar-refractivity contribution in [2.45, 2.75) is 6.92 Å². The average molecular weight is 311 g/mol. The van der Waals surface area contributed by atoms with Gasteiger partial charge in [-0.2, -0.15) is 0 Å². The van der Waals surface area contributed by atoms with Gasteiger partial charge in [0.25, 0.3) is 0 Å². The van der Waals surface area contributed by atoms with Crippen LogP contribution in [0, 0.1) is 6.92 Å². The Labute approximate surface area is 142 Å². The summed E-state index contributed by atoms with van der Waals surface area (Å²) in [6.07, 6.45) is 5.88. The van der Waals surface area contributed by atoms with E-state index < -0.39 is 0 Å². The molecule has 2 nitrogen and oxygen atoms in total. The van der Waals surface area contributed by atoms with E-state index in [0.717, 1.165) is 5.56 Å². The lowest BCUT2D eigenvalue weighted by Crippen LogP contribution is -2.30. The molecule has 0 bridgehead atoms. The maximum absolute atomic E-state index is 4.27. The summed E-state index contributed by atoms with van der Waals surface area (Å²) in [6.45, 7) is 2.17. The zero-order valence-electron chi connectivity index (χ0n) is 13.9. The summed E-state index contributed by atoms with van der Waals surface area (Å²) in [7, 11) is 2.11. The second-order valence-electron chi connectivity index (χ2n) is 6.10. The molecule has 0 saturated heterocycles. The van der Waals surface area contributed by atoms with Crippen molar-refractivity contribution in [2.75, 3.05) is 0 Å². The van der Waals surface area contributed by atoms with Crippen LogP contribution in [0.25, 0.3) is 33.2 Å². The van der Waals surface area contributed by atoms with Crippen LogP contribution in [0.5, 0.6) is 0 Å². The molecule has 0 aliphatic heterocycles. The Bertz CT molecular complexity index is 1020. The van der Waals surface area contributed by atoms with Gasteiger partial charge in [-0.15, -0.1) is 0 Å². The van der Waals surface area contributed by atoms with E-state index >= 15 is 0 Å². The van der Waals surface area contributed by atoms with Crippen LogP contribution in [0.1, 0.15) is 5.56 Å². The molecule has 2 heteroatoms. The van der Waals surface area contributed by atoms with Crippen LogP contribution in [-0.4, -0.2) is 4.98 Å². The minimum absolute atomic E-state index is 1.15. The maximum Gasteiger partial charge on any atom is 0.220 e. The first-order valence-corrected chi connectivity index (χ1v) is 8.13. The maximum atomic E-state index is 4.27. The molecule has 0 saturated carbocycles. The van der Waals surface area contributed by atoms with E-state index in [9.17, 15) is 0 Å². The van der Waals surface area contributed by atoms with Gasteiger partial charge in [-0.25, -0.2) is 4.57 Å². The Morgan fingerprint density at radius 3 is 2.42 bits per heavy atom. The van der Waals surface area contributed by atoms with Crippen molar-refractivity contribution < 1.29 is 4.57 Å². The third-order valence-corrected chi connectivity index (χ3v) is 4.55. The third kappa shape index (κ3) is 2.37. The van der Waals surface area contributed by atoms with E-state index in [1.807, 2.05) is 18.5 Å². The molecule has 24 heavy (non-hydrogen) atoms. The van der Waals surface area contributed by atoms with Gasteiger partial charge in [0, 0.05) is 35.0 Å². The van der Waals surface area contributed by atoms with Crippen molar-refractivity contribution in [3.8, 4) is 22.4 Å². The molecule has 0 radical (unpaired) electrons. The molecule has 2 heterocycles. The molecule has 0 amide bonds. The van der Waals surface area contributed by atoms with Crippen LogP contribution in [0.4, 0.5) is 0 Å². The summed E-state index contributed by atoms with van der Waals surface area (Å²) in [5, 5.41) is 2.51. The normalized spacial score (nSPS) is 10.9. The zero-order valence-corrected chi connectivity index (χ0v) is 13.9. The van der Waals surface area contributed by atoms with Crippen molar-refractivity contribution in [3.05, 3.63) is 84.8 Å². The van der Waals surface area contributed by atoms with Crippen LogP contribution in [0.3, 0.4) is 0 Å². The Morgan fingerprint density at radius 2 is 1.62 bits per heavy atom. The Balaban J connectivity index is 2.06. The van der Waals surface area contributed by atoms with Gasteiger partial charge in [-0.1, -0.05) is 36.4 Å². The van der Waals surface area contributed by atoms with Gasteiger partial charge in [0.1, 0.15) is 7.05 Å². The van der Waals surface area contributed by atoms with Crippen LogP contribution in [0.15, 0.2) is 79.3 Å². The standard InChI is InChI=1S/C22H19N2/c1-16-7-3-4-9-18(16)22-21-11-5-10-19(17-8-6-13-23-15-17)20(21)12-14-24(22)2/h3-15H,1-2H3/q+1. The molecule has 2 aromatic carbocycles. The van der Waals surface area contributed by atoms with E-state index in [4.69, 9.17) is 0 Å². The minimum atomic E-state index is 1.15. The molecule has 0 atom stereocenters. The second-order valence-corrected chi connectivity index (χ2v) is 6.10. The van der Waals surface area contributed by atoms with E-state index in [1.165, 1.54) is 33.2 Å². The third-order valence-electron chi connectivity index (χ3n) is 4.55. The molecule has 0 aliphatic carbocycles. The number of rotatable bonds is 2. The summed E-state index contributed by atoms with van der Waals surface area (Å²) in [6, 6.07) is 21.3. The fraction of sp³-hybridized carbons (Fsp3) is 0.0909. The predicted molar refractivity (Wildman–Crippen MR) is 98.5 cm³/mol. The highest BCUT2D eigenvalue weighted by Gasteiger charge is 2.18. The van der Waals surface area contributed by atoms with Crippen molar-refractivity contribution >= 4 is 10.8 Å². The number of aromatic nitrogens is 2. The van der Waals surface area contributed by atoms with Crippen molar-refractivity contribution in [2.24, 2.45) is 7.05 Å². The number of hydrogen-bond acceptors (Lipinski definition) is 1. The molecular weight excluding hydrogens is 292 g/mol. The van der Waals surface area contributed by atoms with Gasteiger partial charge in [-0.05, 0) is 36.2 Å². The van der Waals surface area contributed by atoms with Crippen molar-refractivity contribution in [1.82, 2.24) is 4.98 Å². The lowest BCUT2D eigenvalue weighted by molar-refractivity contribution is -0.659. The molecule has 0 spiro atoms.